The minimum Gasteiger partial charge on any atom is -0.464 e. The Balaban J connectivity index is 2.28. The standard InChI is InChI=1S/C31H48F5NO3/c1-4-5-6-7-8-9-10-11-12-13-14-15-16-17-18-19-20-40-31(39)23(21-22(2)3)37-30(38)24-25(32)27(34)29(36)28(35)26(24)33/h22-23H,4-21H2,1-3H3,(H,37,38). The third kappa shape index (κ3) is 13.4. The van der Waals surface area contributed by atoms with Gasteiger partial charge in [0.15, 0.2) is 23.3 Å². The summed E-state index contributed by atoms with van der Waals surface area (Å²) in [6, 6.07) is -1.29. The molecule has 0 aliphatic heterocycles. The molecule has 9 heteroatoms. The fourth-order valence-electron chi connectivity index (χ4n) is 4.64. The molecule has 1 unspecified atom stereocenters. The van der Waals surface area contributed by atoms with Gasteiger partial charge in [0.2, 0.25) is 5.82 Å². The van der Waals surface area contributed by atoms with Crippen LogP contribution in [0.1, 0.15) is 140 Å². The van der Waals surface area contributed by atoms with Crippen molar-refractivity contribution in [2.24, 2.45) is 5.92 Å². The topological polar surface area (TPSA) is 55.4 Å². The van der Waals surface area contributed by atoms with Crippen molar-refractivity contribution in [1.29, 1.82) is 0 Å². The van der Waals surface area contributed by atoms with E-state index < -0.39 is 52.6 Å². The molecule has 0 saturated heterocycles. The SMILES string of the molecule is CCCCCCCCCCCCCCCCCCOC(=O)C(CC(C)C)NC(=O)c1c(F)c(F)c(F)c(F)c1F. The predicted molar refractivity (Wildman–Crippen MR) is 147 cm³/mol. The Morgan fingerprint density at radius 1 is 0.625 bits per heavy atom. The van der Waals surface area contributed by atoms with Crippen LogP contribution in [0.2, 0.25) is 0 Å². The minimum atomic E-state index is -2.36. The third-order valence-corrected chi connectivity index (χ3v) is 6.98. The van der Waals surface area contributed by atoms with Gasteiger partial charge in [-0.2, -0.15) is 0 Å². The number of esters is 1. The maximum atomic E-state index is 14.0. The first-order valence-electron chi connectivity index (χ1n) is 15.1. The first-order valence-corrected chi connectivity index (χ1v) is 15.1. The van der Waals surface area contributed by atoms with E-state index in [1.54, 1.807) is 13.8 Å². The second-order valence-corrected chi connectivity index (χ2v) is 11.1. The molecule has 0 aliphatic carbocycles. The van der Waals surface area contributed by atoms with Crippen LogP contribution in [0.5, 0.6) is 0 Å². The minimum absolute atomic E-state index is 0.0684. The summed E-state index contributed by atoms with van der Waals surface area (Å²) in [6.07, 6.45) is 19.4. The number of carbonyl (C=O) groups is 2. The molecule has 0 fully saturated rings. The van der Waals surface area contributed by atoms with Gasteiger partial charge in [-0.1, -0.05) is 117 Å². The van der Waals surface area contributed by atoms with Crippen molar-refractivity contribution in [1.82, 2.24) is 5.32 Å². The van der Waals surface area contributed by atoms with Gasteiger partial charge in [-0.25, -0.2) is 26.7 Å². The van der Waals surface area contributed by atoms with Gasteiger partial charge in [-0.3, -0.25) is 4.79 Å². The Morgan fingerprint density at radius 3 is 1.40 bits per heavy atom. The number of nitrogens with one attached hydrogen (secondary N) is 1. The molecule has 4 nitrogen and oxygen atoms in total. The summed E-state index contributed by atoms with van der Waals surface area (Å²) in [5, 5.41) is 2.08. The van der Waals surface area contributed by atoms with Crippen molar-refractivity contribution in [2.75, 3.05) is 6.61 Å². The van der Waals surface area contributed by atoms with Gasteiger partial charge >= 0.3 is 5.97 Å². The average Bonchev–Trinajstić information content (AvgIpc) is 2.91. The summed E-state index contributed by atoms with van der Waals surface area (Å²) < 4.78 is 73.5. The number of carbonyl (C=O) groups excluding carboxylic acids is 2. The molecule has 0 spiro atoms. The lowest BCUT2D eigenvalue weighted by atomic mass is 10.0. The number of benzene rings is 1. The van der Waals surface area contributed by atoms with E-state index in [0.717, 1.165) is 19.3 Å². The van der Waals surface area contributed by atoms with Crippen molar-refractivity contribution in [3.05, 3.63) is 34.6 Å². The monoisotopic (exact) mass is 577 g/mol. The second kappa shape index (κ2) is 20.7. The fourth-order valence-corrected chi connectivity index (χ4v) is 4.64. The highest BCUT2D eigenvalue weighted by molar-refractivity contribution is 5.97. The van der Waals surface area contributed by atoms with Gasteiger partial charge < -0.3 is 10.1 Å². The molecule has 1 amide bonds. The molecule has 1 N–H and O–H groups in total. The van der Waals surface area contributed by atoms with Gasteiger partial charge in [0.05, 0.1) is 6.61 Å². The Bertz CT molecular complexity index is 865. The van der Waals surface area contributed by atoms with Crippen molar-refractivity contribution < 1.29 is 36.3 Å². The van der Waals surface area contributed by atoms with E-state index in [1.807, 2.05) is 0 Å². The summed E-state index contributed by atoms with van der Waals surface area (Å²) >= 11 is 0. The van der Waals surface area contributed by atoms with Crippen LogP contribution >= 0.6 is 0 Å². The number of ether oxygens (including phenoxy) is 1. The number of hydrogen-bond donors (Lipinski definition) is 1. The van der Waals surface area contributed by atoms with Crippen LogP contribution in [0.25, 0.3) is 0 Å². The second-order valence-electron chi connectivity index (χ2n) is 11.1. The van der Waals surface area contributed by atoms with E-state index in [0.29, 0.717) is 6.42 Å². The van der Waals surface area contributed by atoms with Crippen molar-refractivity contribution in [2.45, 2.75) is 136 Å². The Labute approximate surface area is 236 Å². The zero-order valence-electron chi connectivity index (χ0n) is 24.5. The highest BCUT2D eigenvalue weighted by Gasteiger charge is 2.32. The number of halogens is 5. The van der Waals surface area contributed by atoms with E-state index in [2.05, 4.69) is 12.2 Å². The van der Waals surface area contributed by atoms with Crippen LogP contribution in [-0.4, -0.2) is 24.5 Å². The molecule has 0 radical (unpaired) electrons. The molecule has 1 aromatic carbocycles. The van der Waals surface area contributed by atoms with Crippen LogP contribution in [0.3, 0.4) is 0 Å². The Hall–Kier alpha value is -2.19. The molecule has 0 saturated carbocycles. The van der Waals surface area contributed by atoms with Crippen molar-refractivity contribution in [3.8, 4) is 0 Å². The number of unbranched alkanes of at least 4 members (excludes halogenated alkanes) is 15. The van der Waals surface area contributed by atoms with Crippen LogP contribution in [0, 0.1) is 35.0 Å². The average molecular weight is 578 g/mol. The summed E-state index contributed by atoms with van der Waals surface area (Å²) in [5.41, 5.74) is -1.63. The van der Waals surface area contributed by atoms with Gasteiger partial charge in [-0.15, -0.1) is 0 Å². The fraction of sp³-hybridized carbons (Fsp3) is 0.742. The molecule has 0 heterocycles. The molecular formula is C31H48F5NO3. The lowest BCUT2D eigenvalue weighted by Gasteiger charge is -2.20. The Kier molecular flexibility index (Phi) is 18.5. The Morgan fingerprint density at radius 2 is 1.00 bits per heavy atom. The summed E-state index contributed by atoms with van der Waals surface area (Å²) in [5.74, 6) is -13.8. The first kappa shape index (κ1) is 35.8. The van der Waals surface area contributed by atoms with Crippen molar-refractivity contribution >= 4 is 11.9 Å². The van der Waals surface area contributed by atoms with Crippen LogP contribution in [0.15, 0.2) is 0 Å². The van der Waals surface area contributed by atoms with Crippen LogP contribution in [0.4, 0.5) is 22.0 Å². The largest absolute Gasteiger partial charge is 0.464 e. The highest BCUT2D eigenvalue weighted by Crippen LogP contribution is 2.23. The maximum Gasteiger partial charge on any atom is 0.328 e. The van der Waals surface area contributed by atoms with E-state index in [4.69, 9.17) is 4.74 Å². The van der Waals surface area contributed by atoms with Crippen LogP contribution < -0.4 is 5.32 Å². The van der Waals surface area contributed by atoms with E-state index >= 15 is 0 Å². The zero-order valence-corrected chi connectivity index (χ0v) is 24.5. The number of hydrogen-bond acceptors (Lipinski definition) is 3. The molecule has 0 bridgehead atoms. The van der Waals surface area contributed by atoms with E-state index in [1.165, 1.54) is 77.0 Å². The molecule has 1 rings (SSSR count). The molecule has 0 aromatic heterocycles. The summed E-state index contributed by atoms with van der Waals surface area (Å²) in [6.45, 7) is 5.85. The van der Waals surface area contributed by atoms with E-state index in [9.17, 15) is 31.5 Å². The maximum absolute atomic E-state index is 14.0. The summed E-state index contributed by atoms with van der Waals surface area (Å²) in [7, 11) is 0. The predicted octanol–water partition coefficient (Wildman–Crippen LogP) is 9.33. The van der Waals surface area contributed by atoms with Gasteiger partial charge in [0.25, 0.3) is 5.91 Å². The molecule has 1 aromatic rings. The quantitative estimate of drug-likeness (QED) is 0.0491. The van der Waals surface area contributed by atoms with Crippen molar-refractivity contribution in [3.63, 3.8) is 0 Å². The third-order valence-electron chi connectivity index (χ3n) is 6.98. The van der Waals surface area contributed by atoms with E-state index in [-0.39, 0.29) is 18.9 Å². The lowest BCUT2D eigenvalue weighted by molar-refractivity contribution is -0.146. The first-order chi connectivity index (χ1) is 19.1. The normalized spacial score (nSPS) is 12.1. The van der Waals surface area contributed by atoms with Gasteiger partial charge in [0.1, 0.15) is 11.6 Å². The van der Waals surface area contributed by atoms with Gasteiger partial charge in [0, 0.05) is 0 Å². The molecule has 40 heavy (non-hydrogen) atoms. The number of rotatable bonds is 22. The highest BCUT2D eigenvalue weighted by atomic mass is 19.2. The lowest BCUT2D eigenvalue weighted by Crippen LogP contribution is -2.43. The van der Waals surface area contributed by atoms with Gasteiger partial charge in [-0.05, 0) is 18.8 Å². The summed E-state index contributed by atoms with van der Waals surface area (Å²) in [4.78, 5) is 24.9. The molecular weight excluding hydrogens is 529 g/mol. The molecule has 230 valence electrons. The van der Waals surface area contributed by atoms with Crippen LogP contribution in [-0.2, 0) is 9.53 Å². The smallest absolute Gasteiger partial charge is 0.328 e. The zero-order chi connectivity index (χ0) is 29.9. The molecule has 0 aliphatic rings. The molecule has 1 atom stereocenters. The number of amides is 1.